The molecule has 5 nitrogen and oxygen atoms in total. The van der Waals surface area contributed by atoms with Gasteiger partial charge in [-0.3, -0.25) is 9.59 Å². The molecule has 2 atom stereocenters. The van der Waals surface area contributed by atoms with E-state index in [0.29, 0.717) is 32.3 Å². The summed E-state index contributed by atoms with van der Waals surface area (Å²) in [5, 5.41) is 3.13. The molecule has 112 valence electrons. The molecule has 0 spiro atoms. The number of hydrogen-bond acceptors (Lipinski definition) is 3. The Morgan fingerprint density at radius 2 is 1.70 bits per heavy atom. The van der Waals surface area contributed by atoms with E-state index in [9.17, 15) is 9.59 Å². The molecule has 3 fully saturated rings. The minimum absolute atomic E-state index is 0.0725. The van der Waals surface area contributed by atoms with E-state index >= 15 is 0 Å². The van der Waals surface area contributed by atoms with Gasteiger partial charge in [0.15, 0.2) is 0 Å². The van der Waals surface area contributed by atoms with Crippen LogP contribution in [0.5, 0.6) is 0 Å². The lowest BCUT2D eigenvalue weighted by atomic mass is 9.95. The molecule has 2 saturated carbocycles. The molecule has 1 saturated heterocycles. The molecule has 2 amide bonds. The third kappa shape index (κ3) is 3.14. The molecule has 20 heavy (non-hydrogen) atoms. The van der Waals surface area contributed by atoms with E-state index in [1.54, 1.807) is 0 Å². The van der Waals surface area contributed by atoms with Crippen LogP contribution in [0, 0.1) is 11.8 Å². The zero-order valence-corrected chi connectivity index (χ0v) is 12.0. The summed E-state index contributed by atoms with van der Waals surface area (Å²) in [6.07, 6.45) is 6.64. The summed E-state index contributed by atoms with van der Waals surface area (Å²) < 4.78 is 5.25. The normalized spacial score (nSPS) is 30.9. The second-order valence-electron chi connectivity index (χ2n) is 6.23. The maximum absolute atomic E-state index is 12.3. The van der Waals surface area contributed by atoms with E-state index in [2.05, 4.69) is 5.32 Å². The van der Waals surface area contributed by atoms with E-state index in [1.807, 2.05) is 4.90 Å². The molecule has 2 aliphatic carbocycles. The SMILES string of the molecule is O=C(NC1CCCCC1)C1CC1C(=O)N1CCOCC1. The van der Waals surface area contributed by atoms with Gasteiger partial charge in [-0.25, -0.2) is 0 Å². The second-order valence-corrected chi connectivity index (χ2v) is 6.23. The topological polar surface area (TPSA) is 58.6 Å². The van der Waals surface area contributed by atoms with Gasteiger partial charge in [-0.05, 0) is 19.3 Å². The van der Waals surface area contributed by atoms with Crippen molar-refractivity contribution in [1.29, 1.82) is 0 Å². The summed E-state index contributed by atoms with van der Waals surface area (Å²) in [5.74, 6) is 0.101. The first-order valence-corrected chi connectivity index (χ1v) is 7.92. The molecular weight excluding hydrogens is 256 g/mol. The van der Waals surface area contributed by atoms with Crippen LogP contribution in [0.2, 0.25) is 0 Å². The minimum atomic E-state index is -0.0766. The number of hydrogen-bond donors (Lipinski definition) is 1. The van der Waals surface area contributed by atoms with Crippen molar-refractivity contribution in [3.8, 4) is 0 Å². The van der Waals surface area contributed by atoms with Crippen molar-refractivity contribution >= 4 is 11.8 Å². The lowest BCUT2D eigenvalue weighted by Gasteiger charge is -2.27. The van der Waals surface area contributed by atoms with Gasteiger partial charge in [-0.1, -0.05) is 19.3 Å². The Balaban J connectivity index is 1.45. The highest BCUT2D eigenvalue weighted by molar-refractivity contribution is 5.92. The van der Waals surface area contributed by atoms with Gasteiger partial charge in [0, 0.05) is 19.1 Å². The molecule has 1 N–H and O–H groups in total. The van der Waals surface area contributed by atoms with Crippen LogP contribution in [-0.4, -0.2) is 49.1 Å². The molecular formula is C15H24N2O3. The molecule has 1 heterocycles. The van der Waals surface area contributed by atoms with Gasteiger partial charge in [0.2, 0.25) is 11.8 Å². The van der Waals surface area contributed by atoms with Crippen molar-refractivity contribution in [2.75, 3.05) is 26.3 Å². The van der Waals surface area contributed by atoms with Crippen LogP contribution in [0.1, 0.15) is 38.5 Å². The first kappa shape index (κ1) is 13.9. The Morgan fingerprint density at radius 1 is 1.00 bits per heavy atom. The Labute approximate surface area is 120 Å². The van der Waals surface area contributed by atoms with Gasteiger partial charge < -0.3 is 15.0 Å². The highest BCUT2D eigenvalue weighted by Gasteiger charge is 2.49. The molecule has 1 aliphatic heterocycles. The van der Waals surface area contributed by atoms with Gasteiger partial charge in [-0.15, -0.1) is 0 Å². The van der Waals surface area contributed by atoms with Crippen LogP contribution in [0.25, 0.3) is 0 Å². The number of nitrogens with one attached hydrogen (secondary N) is 1. The molecule has 0 aromatic rings. The molecule has 0 bridgehead atoms. The number of morpholine rings is 1. The smallest absolute Gasteiger partial charge is 0.226 e. The zero-order chi connectivity index (χ0) is 13.9. The van der Waals surface area contributed by atoms with Crippen molar-refractivity contribution < 1.29 is 14.3 Å². The lowest BCUT2D eigenvalue weighted by Crippen LogP contribution is -2.43. The molecule has 3 rings (SSSR count). The Kier molecular flexibility index (Phi) is 4.24. The number of rotatable bonds is 3. The Bertz CT molecular complexity index is 373. The van der Waals surface area contributed by atoms with E-state index < -0.39 is 0 Å². The second kappa shape index (κ2) is 6.12. The zero-order valence-electron chi connectivity index (χ0n) is 12.0. The van der Waals surface area contributed by atoms with Crippen LogP contribution >= 0.6 is 0 Å². The number of ether oxygens (including phenoxy) is 1. The van der Waals surface area contributed by atoms with Crippen molar-refractivity contribution in [3.63, 3.8) is 0 Å². The average Bonchev–Trinajstić information content (AvgIpc) is 3.29. The first-order valence-electron chi connectivity index (χ1n) is 7.92. The third-order valence-electron chi connectivity index (χ3n) is 4.72. The predicted molar refractivity (Wildman–Crippen MR) is 74.0 cm³/mol. The van der Waals surface area contributed by atoms with E-state index in [4.69, 9.17) is 4.74 Å². The minimum Gasteiger partial charge on any atom is -0.378 e. The molecule has 0 aromatic heterocycles. The van der Waals surface area contributed by atoms with E-state index in [-0.39, 0.29) is 23.7 Å². The largest absolute Gasteiger partial charge is 0.378 e. The van der Waals surface area contributed by atoms with Crippen molar-refractivity contribution in [2.45, 2.75) is 44.6 Å². The molecule has 3 aliphatic rings. The lowest BCUT2D eigenvalue weighted by molar-refractivity contribution is -0.138. The van der Waals surface area contributed by atoms with E-state index in [1.165, 1.54) is 19.3 Å². The van der Waals surface area contributed by atoms with Crippen LogP contribution in [0.4, 0.5) is 0 Å². The molecule has 2 unspecified atom stereocenters. The highest BCUT2D eigenvalue weighted by Crippen LogP contribution is 2.40. The average molecular weight is 280 g/mol. The Morgan fingerprint density at radius 3 is 2.40 bits per heavy atom. The summed E-state index contributed by atoms with van der Waals surface area (Å²) in [5.41, 5.74) is 0. The number of nitrogens with zero attached hydrogens (tertiary/aromatic N) is 1. The fourth-order valence-corrected chi connectivity index (χ4v) is 3.33. The van der Waals surface area contributed by atoms with Crippen LogP contribution < -0.4 is 5.32 Å². The highest BCUT2D eigenvalue weighted by atomic mass is 16.5. The molecule has 0 radical (unpaired) electrons. The van der Waals surface area contributed by atoms with Crippen LogP contribution in [0.3, 0.4) is 0 Å². The standard InChI is InChI=1S/C15H24N2O3/c18-14(16-11-4-2-1-3-5-11)12-10-13(12)15(19)17-6-8-20-9-7-17/h11-13H,1-10H2,(H,16,18). The van der Waals surface area contributed by atoms with Gasteiger partial charge >= 0.3 is 0 Å². The molecule has 0 aromatic carbocycles. The number of amides is 2. The van der Waals surface area contributed by atoms with Gasteiger partial charge in [0.25, 0.3) is 0 Å². The van der Waals surface area contributed by atoms with E-state index in [0.717, 1.165) is 19.3 Å². The van der Waals surface area contributed by atoms with Gasteiger partial charge in [0.1, 0.15) is 0 Å². The first-order chi connectivity index (χ1) is 9.75. The fraction of sp³-hybridized carbons (Fsp3) is 0.867. The monoisotopic (exact) mass is 280 g/mol. The van der Waals surface area contributed by atoms with Crippen LogP contribution in [-0.2, 0) is 14.3 Å². The Hall–Kier alpha value is -1.10. The summed E-state index contributed by atoms with van der Waals surface area (Å²) in [4.78, 5) is 26.3. The maximum atomic E-state index is 12.3. The summed E-state index contributed by atoms with van der Waals surface area (Å²) in [6.45, 7) is 2.59. The van der Waals surface area contributed by atoms with Gasteiger partial charge in [-0.2, -0.15) is 0 Å². The summed E-state index contributed by atoms with van der Waals surface area (Å²) in [7, 11) is 0. The summed E-state index contributed by atoms with van der Waals surface area (Å²) >= 11 is 0. The van der Waals surface area contributed by atoms with Crippen LogP contribution in [0.15, 0.2) is 0 Å². The third-order valence-corrected chi connectivity index (χ3v) is 4.72. The molecule has 5 heteroatoms. The van der Waals surface area contributed by atoms with Crippen molar-refractivity contribution in [2.24, 2.45) is 11.8 Å². The van der Waals surface area contributed by atoms with Crippen molar-refractivity contribution in [3.05, 3.63) is 0 Å². The van der Waals surface area contributed by atoms with Gasteiger partial charge in [0.05, 0.1) is 25.0 Å². The predicted octanol–water partition coefficient (Wildman–Crippen LogP) is 0.930. The quantitative estimate of drug-likeness (QED) is 0.836. The maximum Gasteiger partial charge on any atom is 0.226 e. The number of carbonyl (C=O) groups is 2. The summed E-state index contributed by atoms with van der Waals surface area (Å²) in [6, 6.07) is 0.344. The fourth-order valence-electron chi connectivity index (χ4n) is 3.33. The van der Waals surface area contributed by atoms with Crippen molar-refractivity contribution in [1.82, 2.24) is 10.2 Å². The number of carbonyl (C=O) groups excluding carboxylic acids is 2.